The van der Waals surface area contributed by atoms with Crippen LogP contribution in [0.4, 0.5) is 5.69 Å². The molecule has 0 radical (unpaired) electrons. The van der Waals surface area contributed by atoms with E-state index in [1.807, 2.05) is 17.9 Å². The molecule has 0 amide bonds. The number of unbranched alkanes of at least 4 members (excludes halogenated alkanes) is 2. The van der Waals surface area contributed by atoms with Gasteiger partial charge in [-0.1, -0.05) is 6.42 Å². The third-order valence-electron chi connectivity index (χ3n) is 7.03. The van der Waals surface area contributed by atoms with Crippen LogP contribution >= 0.6 is 0 Å². The van der Waals surface area contributed by atoms with Crippen molar-refractivity contribution < 1.29 is 0 Å². The Morgan fingerprint density at radius 2 is 1.81 bits per heavy atom. The van der Waals surface area contributed by atoms with Crippen LogP contribution in [0.1, 0.15) is 54.7 Å². The summed E-state index contributed by atoms with van der Waals surface area (Å²) in [6, 6.07) is 2.20. The van der Waals surface area contributed by atoms with Crippen LogP contribution in [0.5, 0.6) is 0 Å². The van der Waals surface area contributed by atoms with E-state index >= 15 is 0 Å². The normalized spacial score (nSPS) is 17.1. The third kappa shape index (κ3) is 4.07. The smallest absolute Gasteiger partial charge is 0.159 e. The number of hydrogen-bond acceptors (Lipinski definition) is 5. The highest BCUT2D eigenvalue weighted by molar-refractivity contribution is 5.89. The SMILES string of the molecule is Cc1cc(N2CCc3c(c(C)nn3CCCCCN3CCCC3)C2)c2cnn(C)c2n1. The van der Waals surface area contributed by atoms with Crippen LogP contribution in [0.25, 0.3) is 11.0 Å². The Labute approximate surface area is 185 Å². The monoisotopic (exact) mass is 421 g/mol. The van der Waals surface area contributed by atoms with Gasteiger partial charge in [0, 0.05) is 50.1 Å². The molecule has 3 aromatic rings. The van der Waals surface area contributed by atoms with E-state index in [0.717, 1.165) is 42.8 Å². The van der Waals surface area contributed by atoms with E-state index in [2.05, 4.69) is 44.5 Å². The molecule has 0 aromatic carbocycles. The lowest BCUT2D eigenvalue weighted by Gasteiger charge is -2.30. The number of pyridine rings is 1. The summed E-state index contributed by atoms with van der Waals surface area (Å²) in [6.07, 6.45) is 9.62. The summed E-state index contributed by atoms with van der Waals surface area (Å²) in [6.45, 7) is 11.1. The summed E-state index contributed by atoms with van der Waals surface area (Å²) < 4.78 is 4.17. The molecule has 2 aliphatic rings. The molecule has 1 fully saturated rings. The van der Waals surface area contributed by atoms with Crippen molar-refractivity contribution in [3.8, 4) is 0 Å². The van der Waals surface area contributed by atoms with Crippen molar-refractivity contribution in [2.75, 3.05) is 31.1 Å². The Morgan fingerprint density at radius 1 is 1.00 bits per heavy atom. The fourth-order valence-electron chi connectivity index (χ4n) is 5.31. The van der Waals surface area contributed by atoms with Crippen LogP contribution in [-0.4, -0.2) is 55.6 Å². The highest BCUT2D eigenvalue weighted by Crippen LogP contribution is 2.32. The Morgan fingerprint density at radius 3 is 2.65 bits per heavy atom. The summed E-state index contributed by atoms with van der Waals surface area (Å²) in [5.74, 6) is 0. The Hall–Kier alpha value is -2.41. The third-order valence-corrected chi connectivity index (χ3v) is 7.03. The average Bonchev–Trinajstić information content (AvgIpc) is 3.48. The van der Waals surface area contributed by atoms with E-state index in [-0.39, 0.29) is 0 Å². The number of aromatic nitrogens is 5. The van der Waals surface area contributed by atoms with Gasteiger partial charge >= 0.3 is 0 Å². The first-order valence-corrected chi connectivity index (χ1v) is 11.9. The molecule has 0 N–H and O–H groups in total. The first-order chi connectivity index (χ1) is 15.1. The molecule has 0 aliphatic carbocycles. The minimum atomic E-state index is 0.920. The van der Waals surface area contributed by atoms with E-state index < -0.39 is 0 Å². The van der Waals surface area contributed by atoms with Crippen molar-refractivity contribution in [3.63, 3.8) is 0 Å². The van der Waals surface area contributed by atoms with Crippen LogP contribution in [0.3, 0.4) is 0 Å². The summed E-state index contributed by atoms with van der Waals surface area (Å²) >= 11 is 0. The summed E-state index contributed by atoms with van der Waals surface area (Å²) in [5.41, 5.74) is 7.29. The maximum Gasteiger partial charge on any atom is 0.159 e. The summed E-state index contributed by atoms with van der Waals surface area (Å²) in [7, 11) is 1.96. The highest BCUT2D eigenvalue weighted by Gasteiger charge is 2.25. The van der Waals surface area contributed by atoms with Crippen LogP contribution in [-0.2, 0) is 26.6 Å². The van der Waals surface area contributed by atoms with Gasteiger partial charge in [0.1, 0.15) is 0 Å². The average molecular weight is 422 g/mol. The van der Waals surface area contributed by atoms with E-state index in [4.69, 9.17) is 5.10 Å². The molecule has 2 aliphatic heterocycles. The number of likely N-dealkylation sites (tertiary alicyclic amines) is 1. The van der Waals surface area contributed by atoms with Gasteiger partial charge in [-0.2, -0.15) is 10.2 Å². The number of nitrogens with zero attached hydrogens (tertiary/aromatic N) is 7. The molecule has 0 bridgehead atoms. The van der Waals surface area contributed by atoms with Gasteiger partial charge in [0.25, 0.3) is 0 Å². The lowest BCUT2D eigenvalue weighted by molar-refractivity contribution is 0.326. The van der Waals surface area contributed by atoms with Gasteiger partial charge in [0.2, 0.25) is 0 Å². The standard InChI is InChI=1S/C24H35N7/c1-18-15-23(20-16-25-28(3)24(20)26-18)30-14-9-22-21(17-30)19(2)27-31(22)13-6-4-5-10-29-11-7-8-12-29/h15-16H,4-14,17H2,1-3H3. The van der Waals surface area contributed by atoms with E-state index in [9.17, 15) is 0 Å². The van der Waals surface area contributed by atoms with Gasteiger partial charge in [-0.15, -0.1) is 0 Å². The predicted molar refractivity (Wildman–Crippen MR) is 124 cm³/mol. The van der Waals surface area contributed by atoms with Gasteiger partial charge in [0.15, 0.2) is 5.65 Å². The topological polar surface area (TPSA) is 55.0 Å². The maximum absolute atomic E-state index is 4.93. The molecule has 31 heavy (non-hydrogen) atoms. The quantitative estimate of drug-likeness (QED) is 0.546. The Balaban J connectivity index is 1.25. The maximum atomic E-state index is 4.93. The molecule has 0 atom stereocenters. The van der Waals surface area contributed by atoms with E-state index in [0.29, 0.717) is 0 Å². The van der Waals surface area contributed by atoms with Crippen molar-refractivity contribution in [2.45, 2.75) is 65.5 Å². The second-order valence-corrected chi connectivity index (χ2v) is 9.30. The van der Waals surface area contributed by atoms with Gasteiger partial charge < -0.3 is 9.80 Å². The molecule has 5 rings (SSSR count). The molecule has 7 heteroatoms. The molecule has 3 aromatic heterocycles. The van der Waals surface area contributed by atoms with Gasteiger partial charge in [0.05, 0.1) is 23.0 Å². The lowest BCUT2D eigenvalue weighted by Crippen LogP contribution is -2.31. The second kappa shape index (κ2) is 8.61. The zero-order valence-electron chi connectivity index (χ0n) is 19.3. The first kappa shape index (κ1) is 20.5. The predicted octanol–water partition coefficient (Wildman–Crippen LogP) is 3.61. The Bertz CT molecular complexity index is 1060. The Kier molecular flexibility index (Phi) is 5.69. The lowest BCUT2D eigenvalue weighted by atomic mass is 10.0. The molecule has 166 valence electrons. The van der Waals surface area contributed by atoms with E-state index in [1.54, 1.807) is 0 Å². The van der Waals surface area contributed by atoms with Crippen LogP contribution in [0.2, 0.25) is 0 Å². The highest BCUT2D eigenvalue weighted by atomic mass is 15.3. The molecular weight excluding hydrogens is 386 g/mol. The van der Waals surface area contributed by atoms with Crippen molar-refractivity contribution >= 4 is 16.7 Å². The molecule has 0 spiro atoms. The molecule has 1 saturated heterocycles. The van der Waals surface area contributed by atoms with Crippen molar-refractivity contribution in [3.05, 3.63) is 34.9 Å². The molecule has 0 unspecified atom stereocenters. The molecule has 7 nitrogen and oxygen atoms in total. The fourth-order valence-corrected chi connectivity index (χ4v) is 5.31. The van der Waals surface area contributed by atoms with Crippen molar-refractivity contribution in [2.24, 2.45) is 7.05 Å². The van der Waals surface area contributed by atoms with Crippen LogP contribution < -0.4 is 4.90 Å². The fraction of sp³-hybridized carbons (Fsp3) is 0.625. The largest absolute Gasteiger partial charge is 0.366 e. The van der Waals surface area contributed by atoms with Gasteiger partial charge in [-0.05, 0) is 65.2 Å². The van der Waals surface area contributed by atoms with Crippen LogP contribution in [0, 0.1) is 13.8 Å². The zero-order valence-corrected chi connectivity index (χ0v) is 19.3. The van der Waals surface area contributed by atoms with E-state index in [1.165, 1.54) is 74.4 Å². The summed E-state index contributed by atoms with van der Waals surface area (Å²) in [4.78, 5) is 9.79. The minimum Gasteiger partial charge on any atom is -0.366 e. The van der Waals surface area contributed by atoms with Crippen molar-refractivity contribution in [1.29, 1.82) is 0 Å². The summed E-state index contributed by atoms with van der Waals surface area (Å²) in [5, 5.41) is 10.5. The van der Waals surface area contributed by atoms with Crippen molar-refractivity contribution in [1.82, 2.24) is 29.4 Å². The number of aryl methyl sites for hydroxylation is 4. The van der Waals surface area contributed by atoms with Gasteiger partial charge in [-0.25, -0.2) is 4.98 Å². The first-order valence-electron chi connectivity index (χ1n) is 11.9. The zero-order chi connectivity index (χ0) is 21.4. The minimum absolute atomic E-state index is 0.920. The van der Waals surface area contributed by atoms with Gasteiger partial charge in [-0.3, -0.25) is 9.36 Å². The number of rotatable bonds is 7. The molecular formula is C24H35N7. The number of anilines is 1. The second-order valence-electron chi connectivity index (χ2n) is 9.30. The molecule has 5 heterocycles. The molecule has 0 saturated carbocycles. The van der Waals surface area contributed by atoms with Crippen LogP contribution in [0.15, 0.2) is 12.3 Å². The number of fused-ring (bicyclic) bond motifs is 2. The number of hydrogen-bond donors (Lipinski definition) is 0.